The molecule has 0 fully saturated rings. The van der Waals surface area contributed by atoms with E-state index in [0.717, 1.165) is 0 Å². The minimum atomic E-state index is -0.504. The summed E-state index contributed by atoms with van der Waals surface area (Å²) >= 11 is 0. The lowest BCUT2D eigenvalue weighted by molar-refractivity contribution is -0.385. The number of carboxylic acid groups (broad SMARTS) is 1. The van der Waals surface area contributed by atoms with Gasteiger partial charge in [0, 0.05) is 24.3 Å². The maximum atomic E-state index is 10.5. The molecule has 2 rings (SSSR count). The Morgan fingerprint density at radius 2 is 1.09 bits per heavy atom. The van der Waals surface area contributed by atoms with Crippen LogP contribution in [0.2, 0.25) is 0 Å². The van der Waals surface area contributed by atoms with Gasteiger partial charge in [-0.1, -0.05) is 0 Å². The number of carbonyl (C=O) groups is 1. The molecule has 0 aliphatic carbocycles. The fourth-order valence-corrected chi connectivity index (χ4v) is 1.41. The van der Waals surface area contributed by atoms with Crippen molar-refractivity contribution in [2.75, 3.05) is 0 Å². The number of hydrogen-bond acceptors (Lipinski definition) is 6. The van der Waals surface area contributed by atoms with Gasteiger partial charge in [-0.25, -0.2) is 0 Å². The summed E-state index contributed by atoms with van der Waals surface area (Å²) in [6.45, 7) is -0.250. The Labute approximate surface area is 123 Å². The Morgan fingerprint density at radius 3 is 1.32 bits per heavy atom. The molecule has 0 atom stereocenters. The number of nitro benzene ring substituents is 2. The topological polar surface area (TPSA) is 133 Å². The molecule has 0 saturated heterocycles. The molecule has 2 aromatic rings. The number of ether oxygens (including phenoxy) is 1. The van der Waals surface area contributed by atoms with E-state index in [9.17, 15) is 20.2 Å². The summed E-state index contributed by atoms with van der Waals surface area (Å²) in [7, 11) is 0. The van der Waals surface area contributed by atoms with Crippen LogP contribution in [0.3, 0.4) is 0 Å². The van der Waals surface area contributed by atoms with Gasteiger partial charge >= 0.3 is 0 Å². The molecule has 0 aliphatic rings. The lowest BCUT2D eigenvalue weighted by Crippen LogP contribution is -1.89. The van der Waals surface area contributed by atoms with E-state index < -0.39 is 9.85 Å². The standard InChI is InChI=1S/C12H8N2O5.CH2O2/c15-13(16)9-1-5-11(6-2-9)19-12-7-3-10(4-8-12)14(17)18;2-1-3/h1-8H;1H,(H,2,3). The van der Waals surface area contributed by atoms with Crippen LogP contribution in [0.25, 0.3) is 0 Å². The van der Waals surface area contributed by atoms with E-state index in [1.807, 2.05) is 0 Å². The second kappa shape index (κ2) is 7.94. The smallest absolute Gasteiger partial charge is 0.290 e. The minimum Gasteiger partial charge on any atom is -0.483 e. The van der Waals surface area contributed by atoms with Crippen molar-refractivity contribution in [2.45, 2.75) is 0 Å². The number of benzene rings is 2. The van der Waals surface area contributed by atoms with E-state index in [1.54, 1.807) is 0 Å². The van der Waals surface area contributed by atoms with Crippen LogP contribution in [-0.4, -0.2) is 21.4 Å². The molecule has 114 valence electrons. The van der Waals surface area contributed by atoms with E-state index in [4.69, 9.17) is 14.6 Å². The van der Waals surface area contributed by atoms with Crippen LogP contribution in [0.4, 0.5) is 11.4 Å². The van der Waals surface area contributed by atoms with Gasteiger partial charge in [-0.15, -0.1) is 0 Å². The van der Waals surface area contributed by atoms with Crippen LogP contribution in [0, 0.1) is 20.2 Å². The Kier molecular flexibility index (Phi) is 5.98. The lowest BCUT2D eigenvalue weighted by Gasteiger charge is -2.04. The zero-order valence-electron chi connectivity index (χ0n) is 11.0. The normalized spacial score (nSPS) is 9.09. The monoisotopic (exact) mass is 306 g/mol. The first-order chi connectivity index (χ1) is 10.5. The third-order valence-corrected chi connectivity index (χ3v) is 2.33. The summed E-state index contributed by atoms with van der Waals surface area (Å²) in [4.78, 5) is 28.3. The molecule has 22 heavy (non-hydrogen) atoms. The molecule has 0 heterocycles. The predicted molar refractivity (Wildman–Crippen MR) is 75.0 cm³/mol. The molecule has 0 unspecified atom stereocenters. The van der Waals surface area contributed by atoms with E-state index in [2.05, 4.69) is 0 Å². The summed E-state index contributed by atoms with van der Waals surface area (Å²) < 4.78 is 5.40. The number of nitro groups is 2. The molecule has 0 bridgehead atoms. The third-order valence-electron chi connectivity index (χ3n) is 2.33. The fraction of sp³-hybridized carbons (Fsp3) is 0. The highest BCUT2D eigenvalue weighted by Crippen LogP contribution is 2.25. The predicted octanol–water partition coefficient (Wildman–Crippen LogP) is 3.00. The van der Waals surface area contributed by atoms with Crippen molar-refractivity contribution in [3.8, 4) is 11.5 Å². The number of nitrogens with zero attached hydrogens (tertiary/aromatic N) is 2. The summed E-state index contributed by atoms with van der Waals surface area (Å²) in [6, 6.07) is 11.1. The SMILES string of the molecule is O=CO.O=[N+]([O-])c1ccc(Oc2ccc([N+](=O)[O-])cc2)cc1. The van der Waals surface area contributed by atoms with Crippen LogP contribution in [0.1, 0.15) is 0 Å². The largest absolute Gasteiger partial charge is 0.483 e. The first-order valence-corrected chi connectivity index (χ1v) is 5.72. The Morgan fingerprint density at radius 1 is 0.818 bits per heavy atom. The van der Waals surface area contributed by atoms with Gasteiger partial charge < -0.3 is 9.84 Å². The molecule has 0 spiro atoms. The molecule has 0 radical (unpaired) electrons. The molecule has 9 heteroatoms. The van der Waals surface area contributed by atoms with Gasteiger partial charge in [0.2, 0.25) is 0 Å². The average molecular weight is 306 g/mol. The van der Waals surface area contributed by atoms with E-state index in [-0.39, 0.29) is 17.8 Å². The molecule has 0 aliphatic heterocycles. The van der Waals surface area contributed by atoms with Crippen molar-refractivity contribution in [3.05, 3.63) is 68.8 Å². The van der Waals surface area contributed by atoms with Gasteiger partial charge in [-0.3, -0.25) is 25.0 Å². The average Bonchev–Trinajstić information content (AvgIpc) is 2.49. The minimum absolute atomic E-state index is 0.0314. The van der Waals surface area contributed by atoms with Gasteiger partial charge in [0.05, 0.1) is 9.85 Å². The number of hydrogen-bond donors (Lipinski definition) is 1. The first-order valence-electron chi connectivity index (χ1n) is 5.72. The van der Waals surface area contributed by atoms with Crippen molar-refractivity contribution in [3.63, 3.8) is 0 Å². The highest BCUT2D eigenvalue weighted by molar-refractivity contribution is 5.41. The van der Waals surface area contributed by atoms with Gasteiger partial charge in [0.25, 0.3) is 17.8 Å². The molecule has 9 nitrogen and oxygen atoms in total. The maximum absolute atomic E-state index is 10.5. The summed E-state index contributed by atoms with van der Waals surface area (Å²) in [5.74, 6) is 0.832. The molecule has 0 saturated carbocycles. The Bertz CT molecular complexity index is 598. The second-order valence-corrected chi connectivity index (χ2v) is 3.71. The molecule has 0 aromatic heterocycles. The lowest BCUT2D eigenvalue weighted by atomic mass is 10.3. The number of rotatable bonds is 4. The molecule has 2 aromatic carbocycles. The van der Waals surface area contributed by atoms with Gasteiger partial charge in [-0.2, -0.15) is 0 Å². The van der Waals surface area contributed by atoms with Crippen molar-refractivity contribution < 1.29 is 24.5 Å². The maximum Gasteiger partial charge on any atom is 0.290 e. The highest BCUT2D eigenvalue weighted by atomic mass is 16.6. The van der Waals surface area contributed by atoms with Crippen molar-refractivity contribution in [1.29, 1.82) is 0 Å². The van der Waals surface area contributed by atoms with E-state index in [0.29, 0.717) is 11.5 Å². The van der Waals surface area contributed by atoms with Crippen molar-refractivity contribution in [1.82, 2.24) is 0 Å². The zero-order valence-corrected chi connectivity index (χ0v) is 11.0. The van der Waals surface area contributed by atoms with Crippen molar-refractivity contribution >= 4 is 17.8 Å². The molecular weight excluding hydrogens is 296 g/mol. The van der Waals surface area contributed by atoms with Crippen molar-refractivity contribution in [2.24, 2.45) is 0 Å². The summed E-state index contributed by atoms with van der Waals surface area (Å²) in [6.07, 6.45) is 0. The van der Waals surface area contributed by atoms with Crippen LogP contribution in [0.15, 0.2) is 48.5 Å². The highest BCUT2D eigenvalue weighted by Gasteiger charge is 2.07. The van der Waals surface area contributed by atoms with E-state index >= 15 is 0 Å². The zero-order chi connectivity index (χ0) is 16.5. The van der Waals surface area contributed by atoms with Crippen LogP contribution < -0.4 is 4.74 Å². The molecular formula is C13H10N2O7. The third kappa shape index (κ3) is 4.89. The van der Waals surface area contributed by atoms with Gasteiger partial charge in [0.15, 0.2) is 0 Å². The Balaban J connectivity index is 0.000000745. The van der Waals surface area contributed by atoms with Crippen LogP contribution in [-0.2, 0) is 4.79 Å². The van der Waals surface area contributed by atoms with Crippen LogP contribution >= 0.6 is 0 Å². The van der Waals surface area contributed by atoms with E-state index in [1.165, 1.54) is 48.5 Å². The summed E-state index contributed by atoms with van der Waals surface area (Å²) in [5, 5.41) is 27.8. The summed E-state index contributed by atoms with van der Waals surface area (Å²) in [5.41, 5.74) is -0.0629. The molecule has 1 N–H and O–H groups in total. The van der Waals surface area contributed by atoms with Gasteiger partial charge in [0.1, 0.15) is 11.5 Å². The fourth-order valence-electron chi connectivity index (χ4n) is 1.41. The van der Waals surface area contributed by atoms with Crippen LogP contribution in [0.5, 0.6) is 11.5 Å². The Hall–Kier alpha value is -3.49. The van der Waals surface area contributed by atoms with Gasteiger partial charge in [-0.05, 0) is 24.3 Å². The number of non-ortho nitro benzene ring substituents is 2. The quantitative estimate of drug-likeness (QED) is 0.521. The molecule has 0 amide bonds. The first kappa shape index (κ1) is 16.6. The second-order valence-electron chi connectivity index (χ2n) is 3.71.